The maximum atomic E-state index is 12.9. The van der Waals surface area contributed by atoms with E-state index in [1.165, 1.54) is 0 Å². The van der Waals surface area contributed by atoms with Gasteiger partial charge in [0.05, 0.1) is 28.4 Å². The predicted octanol–water partition coefficient (Wildman–Crippen LogP) is 5.89. The van der Waals surface area contributed by atoms with Crippen molar-refractivity contribution < 1.29 is 9.53 Å². The zero-order valence-corrected chi connectivity index (χ0v) is 16.8. The summed E-state index contributed by atoms with van der Waals surface area (Å²) in [5.74, 6) is -0.914. The lowest BCUT2D eigenvalue weighted by Gasteiger charge is -2.27. The molecule has 1 N–H and O–H groups in total. The highest BCUT2D eigenvalue weighted by Gasteiger charge is 2.33. The van der Waals surface area contributed by atoms with Gasteiger partial charge in [0.25, 0.3) is 0 Å². The van der Waals surface area contributed by atoms with Gasteiger partial charge in [-0.3, -0.25) is 9.78 Å². The first-order chi connectivity index (χ1) is 13.6. The van der Waals surface area contributed by atoms with Crippen LogP contribution in [-0.4, -0.2) is 17.6 Å². The third kappa shape index (κ3) is 4.83. The number of hydrogen-bond donors (Lipinski definition) is 1. The van der Waals surface area contributed by atoms with Crippen LogP contribution in [0.1, 0.15) is 30.1 Å². The first kappa shape index (κ1) is 20.2. The second kappa shape index (κ2) is 9.58. The van der Waals surface area contributed by atoms with E-state index in [9.17, 15) is 4.79 Å². The molecule has 0 aliphatic heterocycles. The molecule has 2 aromatic carbocycles. The van der Waals surface area contributed by atoms with Crippen LogP contribution in [0.4, 0.5) is 5.69 Å². The first-order valence-electron chi connectivity index (χ1n) is 8.94. The Kier molecular flexibility index (Phi) is 6.90. The molecule has 1 heterocycles. The molecule has 0 saturated heterocycles. The van der Waals surface area contributed by atoms with E-state index >= 15 is 0 Å². The van der Waals surface area contributed by atoms with Gasteiger partial charge in [-0.1, -0.05) is 59.6 Å². The Morgan fingerprint density at radius 1 is 1.04 bits per heavy atom. The molecule has 0 radical (unpaired) electrons. The van der Waals surface area contributed by atoms with Crippen LogP contribution in [-0.2, 0) is 9.53 Å². The average molecular weight is 415 g/mol. The molecule has 6 heteroatoms. The minimum Gasteiger partial charge on any atom is -0.465 e. The number of ether oxygens (including phenoxy) is 1. The van der Waals surface area contributed by atoms with Crippen LogP contribution >= 0.6 is 23.2 Å². The van der Waals surface area contributed by atoms with Crippen molar-refractivity contribution in [2.45, 2.75) is 18.9 Å². The number of anilines is 1. The van der Waals surface area contributed by atoms with Gasteiger partial charge >= 0.3 is 5.97 Å². The molecule has 28 heavy (non-hydrogen) atoms. The number of esters is 1. The molecule has 0 spiro atoms. The van der Waals surface area contributed by atoms with Crippen LogP contribution in [0.25, 0.3) is 0 Å². The standard InChI is InChI=1S/C22H20Cl2N2O2/c1-2-28-22(27)20(15-8-4-3-5-9-15)21(19-10-6-7-13-25-19)26-16-11-12-17(23)18(24)14-16/h3-14,20-21,26H,2H2,1H3/t20-,21-/m1/s1. The summed E-state index contributed by atoms with van der Waals surface area (Å²) in [6.07, 6.45) is 1.70. The van der Waals surface area contributed by atoms with Crippen LogP contribution in [0.2, 0.25) is 10.0 Å². The number of hydrogen-bond acceptors (Lipinski definition) is 4. The molecule has 3 aromatic rings. The number of carbonyl (C=O) groups excluding carboxylic acids is 1. The number of carbonyl (C=O) groups is 1. The van der Waals surface area contributed by atoms with Gasteiger partial charge in [-0.15, -0.1) is 0 Å². The highest BCUT2D eigenvalue weighted by molar-refractivity contribution is 6.42. The van der Waals surface area contributed by atoms with Crippen molar-refractivity contribution in [3.63, 3.8) is 0 Å². The molecule has 4 nitrogen and oxygen atoms in total. The van der Waals surface area contributed by atoms with Crippen LogP contribution in [0, 0.1) is 0 Å². The third-order valence-electron chi connectivity index (χ3n) is 4.28. The molecule has 1 aromatic heterocycles. The van der Waals surface area contributed by atoms with Crippen LogP contribution in [0.3, 0.4) is 0 Å². The third-order valence-corrected chi connectivity index (χ3v) is 5.02. The number of pyridine rings is 1. The van der Waals surface area contributed by atoms with Crippen LogP contribution in [0.5, 0.6) is 0 Å². The second-order valence-corrected chi connectivity index (χ2v) is 6.96. The number of aromatic nitrogens is 1. The fraction of sp³-hybridized carbons (Fsp3) is 0.182. The maximum absolute atomic E-state index is 12.9. The smallest absolute Gasteiger partial charge is 0.315 e. The molecular formula is C22H20Cl2N2O2. The Morgan fingerprint density at radius 2 is 1.79 bits per heavy atom. The van der Waals surface area contributed by atoms with E-state index in [-0.39, 0.29) is 5.97 Å². The monoisotopic (exact) mass is 414 g/mol. The Labute approximate surface area is 174 Å². The highest BCUT2D eigenvalue weighted by Crippen LogP contribution is 2.35. The molecule has 0 aliphatic carbocycles. The highest BCUT2D eigenvalue weighted by atomic mass is 35.5. The lowest BCUT2D eigenvalue weighted by atomic mass is 9.88. The van der Waals surface area contributed by atoms with Crippen molar-refractivity contribution in [2.75, 3.05) is 11.9 Å². The number of benzene rings is 2. The molecule has 0 aliphatic rings. The zero-order valence-electron chi connectivity index (χ0n) is 15.3. The van der Waals surface area contributed by atoms with E-state index in [0.29, 0.717) is 16.7 Å². The van der Waals surface area contributed by atoms with E-state index in [4.69, 9.17) is 27.9 Å². The number of rotatable bonds is 7. The Hall–Kier alpha value is -2.56. The van der Waals surface area contributed by atoms with E-state index in [1.807, 2.05) is 54.6 Å². The van der Waals surface area contributed by atoms with Gasteiger partial charge in [0.15, 0.2) is 0 Å². The van der Waals surface area contributed by atoms with Crippen molar-refractivity contribution in [3.8, 4) is 0 Å². The van der Waals surface area contributed by atoms with Gasteiger partial charge in [0.1, 0.15) is 5.92 Å². The van der Waals surface area contributed by atoms with Crippen molar-refractivity contribution in [3.05, 3.63) is 94.2 Å². The fourth-order valence-corrected chi connectivity index (χ4v) is 3.31. The lowest BCUT2D eigenvalue weighted by molar-refractivity contribution is -0.145. The molecular weight excluding hydrogens is 395 g/mol. The largest absolute Gasteiger partial charge is 0.465 e. The molecule has 0 saturated carbocycles. The van der Waals surface area contributed by atoms with E-state index in [1.54, 1.807) is 25.3 Å². The van der Waals surface area contributed by atoms with Gasteiger partial charge < -0.3 is 10.1 Å². The van der Waals surface area contributed by atoms with Crippen LogP contribution < -0.4 is 5.32 Å². The summed E-state index contributed by atoms with van der Waals surface area (Å²) in [4.78, 5) is 17.4. The summed E-state index contributed by atoms with van der Waals surface area (Å²) in [7, 11) is 0. The topological polar surface area (TPSA) is 51.2 Å². The Bertz CT molecular complexity index is 920. The quantitative estimate of drug-likeness (QED) is 0.489. The average Bonchev–Trinajstić information content (AvgIpc) is 2.72. The van der Waals surface area contributed by atoms with Gasteiger partial charge in [0.2, 0.25) is 0 Å². The summed E-state index contributed by atoms with van der Waals surface area (Å²) in [6.45, 7) is 2.09. The molecule has 0 fully saturated rings. The van der Waals surface area contributed by atoms with E-state index in [0.717, 1.165) is 16.9 Å². The Balaban J connectivity index is 2.06. The molecule has 0 amide bonds. The number of halogens is 2. The fourth-order valence-electron chi connectivity index (χ4n) is 3.01. The molecule has 2 atom stereocenters. The van der Waals surface area contributed by atoms with Gasteiger partial charge in [-0.2, -0.15) is 0 Å². The van der Waals surface area contributed by atoms with Crippen molar-refractivity contribution in [1.82, 2.24) is 4.98 Å². The van der Waals surface area contributed by atoms with Crippen molar-refractivity contribution in [1.29, 1.82) is 0 Å². The van der Waals surface area contributed by atoms with Crippen molar-refractivity contribution in [2.24, 2.45) is 0 Å². The lowest BCUT2D eigenvalue weighted by Crippen LogP contribution is -2.28. The predicted molar refractivity (Wildman–Crippen MR) is 113 cm³/mol. The minimum absolute atomic E-state index is 0.296. The van der Waals surface area contributed by atoms with Gasteiger partial charge in [-0.25, -0.2) is 0 Å². The molecule has 144 valence electrons. The summed E-state index contributed by atoms with van der Waals surface area (Å²) in [6, 6.07) is 19.9. The van der Waals surface area contributed by atoms with E-state index < -0.39 is 12.0 Å². The first-order valence-corrected chi connectivity index (χ1v) is 9.70. The second-order valence-electron chi connectivity index (χ2n) is 6.15. The SMILES string of the molecule is CCOC(=O)[C@H](c1ccccc1)[C@H](Nc1ccc(Cl)c(Cl)c1)c1ccccn1. The summed E-state index contributed by atoms with van der Waals surface area (Å²) in [5.41, 5.74) is 2.29. The number of nitrogens with zero attached hydrogens (tertiary/aromatic N) is 1. The molecule has 3 rings (SSSR count). The Morgan fingerprint density at radius 3 is 2.43 bits per heavy atom. The minimum atomic E-state index is -0.592. The summed E-state index contributed by atoms with van der Waals surface area (Å²) < 4.78 is 5.39. The van der Waals surface area contributed by atoms with Crippen LogP contribution in [0.15, 0.2) is 72.9 Å². The molecule has 0 bridgehead atoms. The zero-order chi connectivity index (χ0) is 19.9. The van der Waals surface area contributed by atoms with E-state index in [2.05, 4.69) is 10.3 Å². The normalized spacial score (nSPS) is 12.8. The summed E-state index contributed by atoms with van der Waals surface area (Å²) in [5, 5.41) is 4.29. The van der Waals surface area contributed by atoms with Gasteiger partial charge in [-0.05, 0) is 42.8 Å². The summed E-state index contributed by atoms with van der Waals surface area (Å²) >= 11 is 12.2. The van der Waals surface area contributed by atoms with Gasteiger partial charge in [0, 0.05) is 11.9 Å². The number of nitrogens with one attached hydrogen (secondary N) is 1. The maximum Gasteiger partial charge on any atom is 0.315 e. The molecule has 0 unspecified atom stereocenters. The van der Waals surface area contributed by atoms with Crippen molar-refractivity contribution >= 4 is 34.9 Å².